The van der Waals surface area contributed by atoms with E-state index in [1.807, 2.05) is 0 Å². The van der Waals surface area contributed by atoms with Crippen molar-refractivity contribution in [3.8, 4) is 0 Å². The Hall–Kier alpha value is 0.935. The summed E-state index contributed by atoms with van der Waals surface area (Å²) in [4.78, 5) is 0. The van der Waals surface area contributed by atoms with E-state index in [0.29, 0.717) is 0 Å². The molecule has 0 bridgehead atoms. The van der Waals surface area contributed by atoms with E-state index >= 15 is 0 Å². The predicted octanol–water partition coefficient (Wildman–Crippen LogP) is -2.38. The molecule has 0 aromatic rings. The van der Waals surface area contributed by atoms with Crippen molar-refractivity contribution < 1.29 is 18.9 Å². The van der Waals surface area contributed by atoms with Crippen LogP contribution in [0.2, 0.25) is 0 Å². The minimum Gasteiger partial charge on any atom is -0.518 e. The quantitative estimate of drug-likeness (QED) is 0.214. The fourth-order valence-electron chi connectivity index (χ4n) is 0. The third kappa shape index (κ3) is 48.6. The third-order valence-electron chi connectivity index (χ3n) is 0. The molecule has 0 saturated heterocycles. The molecule has 19 valence electrons. The second-order valence-electron chi connectivity index (χ2n) is 0.333. The molecule has 0 aromatic carbocycles. The molecule has 0 N–H and O–H groups in total. The van der Waals surface area contributed by atoms with Crippen molar-refractivity contribution in [2.45, 2.75) is 6.92 Å². The molecule has 0 fully saturated rings. The summed E-state index contributed by atoms with van der Waals surface area (Å²) in [6.07, 6.45) is 1.50. The van der Waals surface area contributed by atoms with Crippen molar-refractivity contribution in [1.29, 1.82) is 0 Å². The average Bonchev–Trinajstić information content (AvgIpc) is 0.918. The fourth-order valence-corrected chi connectivity index (χ4v) is 0. The standard InChI is InChI=1S/C3H5.2Li/c1-3-2;;/h1,3H,2H3;;/q-1;;+1. The van der Waals surface area contributed by atoms with Gasteiger partial charge in [0.25, 0.3) is 0 Å². The molecule has 0 aliphatic carbocycles. The van der Waals surface area contributed by atoms with Crippen molar-refractivity contribution in [1.82, 2.24) is 0 Å². The maximum absolute atomic E-state index is 4.72. The van der Waals surface area contributed by atoms with Gasteiger partial charge in [-0.15, -0.1) is 0 Å². The number of allylic oxidation sites excluding steroid dienone is 1. The molecule has 0 saturated carbocycles. The fraction of sp³-hybridized carbons (Fsp3) is 0.333. The van der Waals surface area contributed by atoms with Gasteiger partial charge < -0.3 is 6.58 Å². The SMILES string of the molecule is [CH-]=CC.[Li+].[Li]. The molecule has 0 unspecified atom stereocenters. The Morgan fingerprint density at radius 1 is 1.60 bits per heavy atom. The zero-order valence-corrected chi connectivity index (χ0v) is 4.15. The molecular weight excluding hydrogens is 49.9 g/mol. The second-order valence-corrected chi connectivity index (χ2v) is 0.333. The summed E-state index contributed by atoms with van der Waals surface area (Å²) >= 11 is 0. The Morgan fingerprint density at radius 2 is 1.60 bits per heavy atom. The maximum atomic E-state index is 4.72. The summed E-state index contributed by atoms with van der Waals surface area (Å²) in [5.74, 6) is 0. The molecule has 0 aromatic heterocycles. The minimum absolute atomic E-state index is 0. The third-order valence-corrected chi connectivity index (χ3v) is 0. The molecule has 1 radical (unpaired) electrons. The largest absolute Gasteiger partial charge is 1.00 e. The molecule has 0 rings (SSSR count). The molecule has 0 aliphatic heterocycles. The van der Waals surface area contributed by atoms with Crippen molar-refractivity contribution in [2.24, 2.45) is 0 Å². The zero-order valence-electron chi connectivity index (χ0n) is 4.15. The van der Waals surface area contributed by atoms with Gasteiger partial charge in [-0.1, -0.05) is 6.92 Å². The van der Waals surface area contributed by atoms with E-state index < -0.39 is 0 Å². The summed E-state index contributed by atoms with van der Waals surface area (Å²) in [5.41, 5.74) is 0. The van der Waals surface area contributed by atoms with E-state index in [2.05, 4.69) is 0 Å². The zero-order chi connectivity index (χ0) is 2.71. The molecule has 0 aliphatic rings. The van der Waals surface area contributed by atoms with Gasteiger partial charge >= 0.3 is 18.9 Å². The van der Waals surface area contributed by atoms with Crippen LogP contribution in [0.3, 0.4) is 0 Å². The van der Waals surface area contributed by atoms with Gasteiger partial charge in [-0.2, -0.15) is 0 Å². The van der Waals surface area contributed by atoms with E-state index in [4.69, 9.17) is 6.58 Å². The number of rotatable bonds is 0. The molecular formula is C3H5Li2. The van der Waals surface area contributed by atoms with Gasteiger partial charge in [-0.25, -0.2) is 0 Å². The smallest absolute Gasteiger partial charge is 0.518 e. The van der Waals surface area contributed by atoms with Crippen LogP contribution in [-0.4, -0.2) is 18.9 Å². The summed E-state index contributed by atoms with van der Waals surface area (Å²) in [6.45, 7) is 6.50. The first-order chi connectivity index (χ1) is 1.41. The Labute approximate surface area is 57.4 Å². The maximum Gasteiger partial charge on any atom is 1.00 e. The first kappa shape index (κ1) is 16.8. The van der Waals surface area contributed by atoms with E-state index in [0.717, 1.165) is 0 Å². The Balaban J connectivity index is -0.0000000200. The van der Waals surface area contributed by atoms with Gasteiger partial charge in [0.15, 0.2) is 0 Å². The van der Waals surface area contributed by atoms with Crippen LogP contribution in [0.15, 0.2) is 6.08 Å². The topological polar surface area (TPSA) is 0 Å². The second kappa shape index (κ2) is 20.4. The normalized spacial score (nSPS) is 2.60. The average molecular weight is 55.0 g/mol. The molecule has 0 atom stereocenters. The minimum atomic E-state index is 0. The molecule has 0 amide bonds. The van der Waals surface area contributed by atoms with Gasteiger partial charge in [-0.05, 0) is 0 Å². The van der Waals surface area contributed by atoms with Crippen molar-refractivity contribution in [3.63, 3.8) is 0 Å². The van der Waals surface area contributed by atoms with Crippen LogP contribution in [0.25, 0.3) is 0 Å². The van der Waals surface area contributed by atoms with Crippen LogP contribution < -0.4 is 18.9 Å². The van der Waals surface area contributed by atoms with E-state index in [1.54, 1.807) is 6.92 Å². The van der Waals surface area contributed by atoms with Crippen LogP contribution in [0.1, 0.15) is 6.92 Å². The van der Waals surface area contributed by atoms with Crippen LogP contribution in [0, 0.1) is 6.58 Å². The van der Waals surface area contributed by atoms with Gasteiger partial charge in [0, 0.05) is 18.9 Å². The molecule has 0 nitrogen and oxygen atoms in total. The van der Waals surface area contributed by atoms with Gasteiger partial charge in [0.1, 0.15) is 0 Å². The number of hydrogen-bond acceptors (Lipinski definition) is 0. The van der Waals surface area contributed by atoms with E-state index in [9.17, 15) is 0 Å². The van der Waals surface area contributed by atoms with Crippen molar-refractivity contribution in [2.75, 3.05) is 0 Å². The first-order valence-corrected chi connectivity index (χ1v) is 0.911. The Kier molecular flexibility index (Phi) is 68.5. The summed E-state index contributed by atoms with van der Waals surface area (Å²) in [7, 11) is 0. The molecule has 5 heavy (non-hydrogen) atoms. The van der Waals surface area contributed by atoms with Crippen LogP contribution in [0.5, 0.6) is 0 Å². The molecule has 2 heteroatoms. The summed E-state index contributed by atoms with van der Waals surface area (Å²) in [5, 5.41) is 0. The van der Waals surface area contributed by atoms with Crippen LogP contribution in [-0.2, 0) is 0 Å². The molecule has 0 heterocycles. The van der Waals surface area contributed by atoms with Gasteiger partial charge in [0.2, 0.25) is 0 Å². The van der Waals surface area contributed by atoms with Crippen molar-refractivity contribution in [3.05, 3.63) is 12.7 Å². The van der Waals surface area contributed by atoms with Gasteiger partial charge in [0.05, 0.1) is 0 Å². The number of hydrogen-bond donors (Lipinski definition) is 0. The Bertz CT molecular complexity index is 12.4. The van der Waals surface area contributed by atoms with E-state index in [1.165, 1.54) is 6.08 Å². The first-order valence-electron chi connectivity index (χ1n) is 0.911. The molecule has 0 spiro atoms. The van der Waals surface area contributed by atoms with Crippen molar-refractivity contribution >= 4 is 18.9 Å². The Morgan fingerprint density at radius 3 is 1.60 bits per heavy atom. The summed E-state index contributed by atoms with van der Waals surface area (Å²) < 4.78 is 0. The van der Waals surface area contributed by atoms with Crippen LogP contribution in [0.4, 0.5) is 0 Å². The predicted molar refractivity (Wildman–Crippen MR) is 20.3 cm³/mol. The van der Waals surface area contributed by atoms with Crippen LogP contribution >= 0.6 is 0 Å². The monoisotopic (exact) mass is 55.1 g/mol. The van der Waals surface area contributed by atoms with E-state index in [-0.39, 0.29) is 37.7 Å². The van der Waals surface area contributed by atoms with Gasteiger partial charge in [-0.3, -0.25) is 6.08 Å². The summed E-state index contributed by atoms with van der Waals surface area (Å²) in [6, 6.07) is 0.